The van der Waals surface area contributed by atoms with Crippen molar-refractivity contribution in [2.24, 2.45) is 0 Å². The Morgan fingerprint density at radius 2 is 2.10 bits per heavy atom. The lowest BCUT2D eigenvalue weighted by Gasteiger charge is -2.07. The van der Waals surface area contributed by atoms with Crippen LogP contribution in [0.15, 0.2) is 40.8 Å². The third-order valence-corrected chi connectivity index (χ3v) is 5.08. The zero-order valence-corrected chi connectivity index (χ0v) is 16.6. The van der Waals surface area contributed by atoms with E-state index in [2.05, 4.69) is 26.2 Å². The van der Waals surface area contributed by atoms with Crippen LogP contribution in [0.1, 0.15) is 52.8 Å². The number of nitrogens with one attached hydrogen (secondary N) is 1. The Morgan fingerprint density at radius 3 is 3.00 bits per heavy atom. The Labute approximate surface area is 174 Å². The topological polar surface area (TPSA) is 106 Å². The van der Waals surface area contributed by atoms with Crippen LogP contribution in [-0.2, 0) is 26.0 Å². The van der Waals surface area contributed by atoms with Crippen molar-refractivity contribution in [3.63, 3.8) is 0 Å². The van der Waals surface area contributed by atoms with Crippen molar-refractivity contribution < 1.29 is 13.9 Å². The first-order valence-corrected chi connectivity index (χ1v) is 10.1. The van der Waals surface area contributed by atoms with E-state index >= 15 is 0 Å². The quantitative estimate of drug-likeness (QED) is 0.648. The monoisotopic (exact) mass is 405 g/mol. The second-order valence-electron chi connectivity index (χ2n) is 7.16. The van der Waals surface area contributed by atoms with Crippen molar-refractivity contribution in [1.29, 1.82) is 5.26 Å². The molecule has 8 nitrogen and oxygen atoms in total. The highest BCUT2D eigenvalue weighted by Crippen LogP contribution is 2.19. The third-order valence-electron chi connectivity index (χ3n) is 5.08. The normalized spacial score (nSPS) is 13.2. The molecule has 2 aromatic heterocycles. The predicted molar refractivity (Wildman–Crippen MR) is 108 cm³/mol. The highest BCUT2D eigenvalue weighted by Gasteiger charge is 2.16. The molecule has 1 N–H and O–H groups in total. The Balaban J connectivity index is 1.28. The smallest absolute Gasteiger partial charge is 0.287 e. The van der Waals surface area contributed by atoms with Crippen LogP contribution in [0.5, 0.6) is 5.75 Å². The number of carbonyl (C=O) groups is 1. The molecule has 0 bridgehead atoms. The van der Waals surface area contributed by atoms with Gasteiger partial charge in [0, 0.05) is 25.9 Å². The molecule has 0 fully saturated rings. The highest BCUT2D eigenvalue weighted by molar-refractivity contribution is 5.91. The maximum absolute atomic E-state index is 12.4. The van der Waals surface area contributed by atoms with Crippen LogP contribution in [-0.4, -0.2) is 27.2 Å². The van der Waals surface area contributed by atoms with Gasteiger partial charge >= 0.3 is 0 Å². The number of carbonyl (C=O) groups excluding carboxylic acids is 1. The summed E-state index contributed by atoms with van der Waals surface area (Å²) in [4.78, 5) is 12.4. The molecule has 30 heavy (non-hydrogen) atoms. The van der Waals surface area contributed by atoms with E-state index in [0.717, 1.165) is 37.5 Å². The number of nitrogens with zero attached hydrogens (tertiary/aromatic N) is 4. The summed E-state index contributed by atoms with van der Waals surface area (Å²) in [5.74, 6) is 2.89. The molecule has 0 unspecified atom stereocenters. The maximum Gasteiger partial charge on any atom is 0.287 e. The zero-order valence-electron chi connectivity index (χ0n) is 16.6. The fourth-order valence-electron chi connectivity index (χ4n) is 3.52. The van der Waals surface area contributed by atoms with Gasteiger partial charge in [-0.05, 0) is 37.1 Å². The van der Waals surface area contributed by atoms with Gasteiger partial charge in [-0.15, -0.1) is 10.2 Å². The molecule has 8 heteroatoms. The van der Waals surface area contributed by atoms with Crippen LogP contribution < -0.4 is 10.1 Å². The van der Waals surface area contributed by atoms with Gasteiger partial charge in [-0.3, -0.25) is 4.79 Å². The second kappa shape index (κ2) is 9.27. The number of nitriles is 1. The van der Waals surface area contributed by atoms with Crippen LogP contribution in [0.2, 0.25) is 0 Å². The van der Waals surface area contributed by atoms with E-state index in [9.17, 15) is 4.79 Å². The zero-order chi connectivity index (χ0) is 20.8. The number of aryl methyl sites for hydroxylation is 1. The molecular formula is C22H23N5O3. The second-order valence-corrected chi connectivity index (χ2v) is 7.16. The molecule has 0 atom stereocenters. The van der Waals surface area contributed by atoms with Crippen molar-refractivity contribution in [2.45, 2.75) is 45.3 Å². The van der Waals surface area contributed by atoms with E-state index in [4.69, 9.17) is 14.4 Å². The number of para-hydroxylation sites is 1. The van der Waals surface area contributed by atoms with Crippen LogP contribution >= 0.6 is 0 Å². The molecule has 1 aliphatic heterocycles. The van der Waals surface area contributed by atoms with Gasteiger partial charge in [0.25, 0.3) is 5.91 Å². The number of hydrogen-bond acceptors (Lipinski definition) is 6. The van der Waals surface area contributed by atoms with Crippen LogP contribution in [0.25, 0.3) is 0 Å². The van der Waals surface area contributed by atoms with Gasteiger partial charge in [-0.1, -0.05) is 18.6 Å². The lowest BCUT2D eigenvalue weighted by atomic mass is 10.2. The molecule has 3 aromatic rings. The summed E-state index contributed by atoms with van der Waals surface area (Å²) in [5, 5.41) is 20.5. The molecular weight excluding hydrogens is 382 g/mol. The van der Waals surface area contributed by atoms with Crippen LogP contribution in [0.3, 0.4) is 0 Å². The van der Waals surface area contributed by atoms with Gasteiger partial charge in [-0.25, -0.2) is 0 Å². The number of furan rings is 1. The first kappa shape index (κ1) is 19.7. The molecule has 1 aromatic carbocycles. The lowest BCUT2D eigenvalue weighted by Crippen LogP contribution is -2.26. The Morgan fingerprint density at radius 1 is 1.20 bits per heavy atom. The molecule has 1 aliphatic rings. The fourth-order valence-corrected chi connectivity index (χ4v) is 3.52. The number of aromatic nitrogens is 3. The van der Waals surface area contributed by atoms with E-state index < -0.39 is 0 Å². The fraction of sp³-hybridized carbons (Fsp3) is 0.364. The molecule has 3 heterocycles. The number of amides is 1. The van der Waals surface area contributed by atoms with Crippen LogP contribution in [0, 0.1) is 11.3 Å². The Bertz CT molecular complexity index is 1060. The molecule has 1 amide bonds. The summed E-state index contributed by atoms with van der Waals surface area (Å²) < 4.78 is 13.4. The number of ether oxygens (including phenoxy) is 1. The number of rotatable bonds is 7. The van der Waals surface area contributed by atoms with Crippen molar-refractivity contribution in [3.05, 3.63) is 65.1 Å². The van der Waals surface area contributed by atoms with E-state index in [1.165, 1.54) is 6.42 Å². The van der Waals surface area contributed by atoms with Gasteiger partial charge in [0.05, 0.1) is 5.56 Å². The Kier molecular flexibility index (Phi) is 6.09. The van der Waals surface area contributed by atoms with Gasteiger partial charge in [0.1, 0.15) is 35.8 Å². The SMILES string of the molecule is N#Cc1ccccc1OCc1ccc(C(=O)NCCc2nnc3n2CCCCC3)o1. The minimum absolute atomic E-state index is 0.137. The van der Waals surface area contributed by atoms with Gasteiger partial charge in [0.15, 0.2) is 5.76 Å². The summed E-state index contributed by atoms with van der Waals surface area (Å²) >= 11 is 0. The van der Waals surface area contributed by atoms with Gasteiger partial charge < -0.3 is 19.0 Å². The van der Waals surface area contributed by atoms with Gasteiger partial charge in [0.2, 0.25) is 0 Å². The Hall–Kier alpha value is -3.60. The number of hydrogen-bond donors (Lipinski definition) is 1. The summed E-state index contributed by atoms with van der Waals surface area (Å²) in [6.07, 6.45) is 5.10. The van der Waals surface area contributed by atoms with E-state index in [1.807, 2.05) is 0 Å². The molecule has 154 valence electrons. The molecule has 4 rings (SSSR count). The van der Waals surface area contributed by atoms with Crippen molar-refractivity contribution in [2.75, 3.05) is 6.54 Å². The van der Waals surface area contributed by atoms with Crippen molar-refractivity contribution in [3.8, 4) is 11.8 Å². The first-order chi connectivity index (χ1) is 14.7. The van der Waals surface area contributed by atoms with E-state index in [0.29, 0.717) is 30.0 Å². The summed E-state index contributed by atoms with van der Waals surface area (Å²) in [5.41, 5.74) is 0.452. The van der Waals surface area contributed by atoms with Crippen molar-refractivity contribution in [1.82, 2.24) is 20.1 Å². The predicted octanol–water partition coefficient (Wildman–Crippen LogP) is 3.02. The lowest BCUT2D eigenvalue weighted by molar-refractivity contribution is 0.0922. The van der Waals surface area contributed by atoms with Gasteiger partial charge in [-0.2, -0.15) is 5.26 Å². The molecule has 0 spiro atoms. The molecule has 0 saturated carbocycles. The highest BCUT2D eigenvalue weighted by atomic mass is 16.5. The largest absolute Gasteiger partial charge is 0.484 e. The standard InChI is InChI=1S/C22H23N5O3/c23-14-16-6-3-4-7-18(16)29-15-17-9-10-19(30-17)22(28)24-12-11-21-26-25-20-8-2-1-5-13-27(20)21/h3-4,6-7,9-10H,1-2,5,8,11-13,15H2,(H,24,28). The van der Waals surface area contributed by atoms with Crippen molar-refractivity contribution >= 4 is 5.91 Å². The van der Waals surface area contributed by atoms with E-state index in [1.54, 1.807) is 36.4 Å². The molecule has 0 radical (unpaired) electrons. The summed E-state index contributed by atoms with van der Waals surface area (Å²) in [6.45, 7) is 1.54. The summed E-state index contributed by atoms with van der Waals surface area (Å²) in [6, 6.07) is 12.4. The summed E-state index contributed by atoms with van der Waals surface area (Å²) in [7, 11) is 0. The third kappa shape index (κ3) is 4.51. The first-order valence-electron chi connectivity index (χ1n) is 10.1. The van der Waals surface area contributed by atoms with E-state index in [-0.39, 0.29) is 18.3 Å². The minimum Gasteiger partial charge on any atom is -0.484 e. The average Bonchev–Trinajstić information content (AvgIpc) is 3.33. The van der Waals surface area contributed by atoms with Crippen LogP contribution in [0.4, 0.5) is 0 Å². The molecule has 0 aliphatic carbocycles. The number of benzene rings is 1. The average molecular weight is 405 g/mol. The minimum atomic E-state index is -0.283. The maximum atomic E-state index is 12.4. The number of fused-ring (bicyclic) bond motifs is 1. The molecule has 0 saturated heterocycles.